The van der Waals surface area contributed by atoms with Crippen LogP contribution in [0.15, 0.2) is 42.5 Å². The number of ether oxygens (including phenoxy) is 1. The molecule has 252 valence electrons. The van der Waals surface area contributed by atoms with Crippen LogP contribution in [0.25, 0.3) is 0 Å². The molecule has 1 amide bonds. The van der Waals surface area contributed by atoms with Gasteiger partial charge in [0.05, 0.1) is 40.7 Å². The highest BCUT2D eigenvalue weighted by Crippen LogP contribution is 2.34. The summed E-state index contributed by atoms with van der Waals surface area (Å²) in [5.74, 6) is 2.47. The van der Waals surface area contributed by atoms with Crippen molar-refractivity contribution in [3.8, 4) is 5.75 Å². The van der Waals surface area contributed by atoms with Crippen LogP contribution in [-0.4, -0.2) is 82.6 Å². The van der Waals surface area contributed by atoms with Gasteiger partial charge in [-0.3, -0.25) is 4.79 Å². The van der Waals surface area contributed by atoms with E-state index in [1.165, 1.54) is 68.4 Å². The molecule has 2 aromatic rings. The summed E-state index contributed by atoms with van der Waals surface area (Å²) in [7, 11) is 9.03. The summed E-state index contributed by atoms with van der Waals surface area (Å²) in [6.07, 6.45) is 11.8. The molecule has 0 N–H and O–H groups in total. The second-order valence-corrected chi connectivity index (χ2v) is 14.0. The van der Waals surface area contributed by atoms with Crippen LogP contribution in [-0.2, 0) is 22.4 Å². The lowest BCUT2D eigenvalue weighted by Gasteiger charge is -2.24. The molecule has 6 heteroatoms. The van der Waals surface area contributed by atoms with Crippen molar-refractivity contribution in [1.82, 2.24) is 4.90 Å². The summed E-state index contributed by atoms with van der Waals surface area (Å²) in [4.78, 5) is 26.0. The normalized spacial score (nSPS) is 14.9. The maximum Gasteiger partial charge on any atom is 0.231 e. The molecule has 0 saturated carbocycles. The van der Waals surface area contributed by atoms with E-state index in [9.17, 15) is 9.59 Å². The zero-order valence-electron chi connectivity index (χ0n) is 29.9. The van der Waals surface area contributed by atoms with Crippen molar-refractivity contribution in [2.24, 2.45) is 5.92 Å². The Morgan fingerprint density at radius 2 is 1.71 bits per heavy atom. The summed E-state index contributed by atoms with van der Waals surface area (Å²) in [5, 5.41) is 0. The highest BCUT2D eigenvalue weighted by molar-refractivity contribution is 6.01. The first-order chi connectivity index (χ1) is 21.5. The fourth-order valence-corrected chi connectivity index (χ4v) is 6.02. The van der Waals surface area contributed by atoms with E-state index in [4.69, 9.17) is 4.74 Å². The number of quaternary nitrogens is 1. The second-order valence-electron chi connectivity index (χ2n) is 14.0. The van der Waals surface area contributed by atoms with Gasteiger partial charge < -0.3 is 23.8 Å². The zero-order valence-corrected chi connectivity index (χ0v) is 29.9. The Bertz CT molecular complexity index is 1140. The van der Waals surface area contributed by atoms with Crippen LogP contribution in [0.2, 0.25) is 0 Å². The summed E-state index contributed by atoms with van der Waals surface area (Å²) >= 11 is 0. The van der Waals surface area contributed by atoms with Crippen LogP contribution >= 0.6 is 0 Å². The number of carbonyl (C=O) groups is 2. The number of para-hydroxylation sites is 1. The quantitative estimate of drug-likeness (QED) is 0.108. The van der Waals surface area contributed by atoms with Gasteiger partial charge in [0.2, 0.25) is 5.91 Å². The Balaban J connectivity index is 0.000000331. The molecule has 45 heavy (non-hydrogen) atoms. The zero-order chi connectivity index (χ0) is 33.2. The molecule has 4 rings (SSSR count). The third kappa shape index (κ3) is 14.1. The Morgan fingerprint density at radius 1 is 1.00 bits per heavy atom. The lowest BCUT2D eigenvalue weighted by Crippen LogP contribution is -2.35. The van der Waals surface area contributed by atoms with E-state index in [1.807, 2.05) is 24.0 Å². The summed E-state index contributed by atoms with van der Waals surface area (Å²) in [6.45, 7) is 14.1. The molecular formula is C39H64N3O3+. The lowest BCUT2D eigenvalue weighted by atomic mass is 9.85. The third-order valence-corrected chi connectivity index (χ3v) is 8.81. The standard InChI is InChI=1S/C24H29NO2.C12H29N2.C3H6O/c1-3-18(19-8-9-23-21(15-19)11-13-27-23)14-17(2)10-12-25-22-7-5-4-6-20(22)16-24(25)26;1-6-7-10-13(2)11-8-9-12-14(3,4)5;1-2-3-4/h4-9,15,17-18H,3,10-14,16H2,1-2H3;6-12H2,1-5H3;3H,2H2,1H3/q;+1;. The molecule has 2 unspecified atom stereocenters. The van der Waals surface area contributed by atoms with Crippen LogP contribution in [0.1, 0.15) is 102 Å². The number of hydrogen-bond acceptors (Lipinski definition) is 4. The number of nitrogens with zero attached hydrogens (tertiary/aromatic N) is 3. The average Bonchev–Trinajstić information content (AvgIpc) is 3.62. The highest BCUT2D eigenvalue weighted by atomic mass is 16.5. The maximum absolute atomic E-state index is 12.4. The van der Waals surface area contributed by atoms with Gasteiger partial charge in [-0.25, -0.2) is 0 Å². The van der Waals surface area contributed by atoms with Crippen molar-refractivity contribution in [2.75, 3.05) is 65.9 Å². The number of rotatable bonds is 16. The van der Waals surface area contributed by atoms with Crippen LogP contribution in [0.4, 0.5) is 5.69 Å². The Hall–Kier alpha value is -2.70. The van der Waals surface area contributed by atoms with Gasteiger partial charge in [-0.2, -0.15) is 0 Å². The topological polar surface area (TPSA) is 49.9 Å². The van der Waals surface area contributed by atoms with E-state index in [1.54, 1.807) is 0 Å². The van der Waals surface area contributed by atoms with Gasteiger partial charge in [0, 0.05) is 25.1 Å². The molecule has 2 aliphatic heterocycles. The number of fused-ring (bicyclic) bond motifs is 2. The van der Waals surface area contributed by atoms with Crippen molar-refractivity contribution in [3.05, 3.63) is 59.2 Å². The van der Waals surface area contributed by atoms with E-state index >= 15 is 0 Å². The number of benzene rings is 2. The number of hydrogen-bond donors (Lipinski definition) is 0. The van der Waals surface area contributed by atoms with Gasteiger partial charge in [0.15, 0.2) is 0 Å². The maximum atomic E-state index is 12.4. The van der Waals surface area contributed by atoms with E-state index < -0.39 is 0 Å². The van der Waals surface area contributed by atoms with Gasteiger partial charge in [0.1, 0.15) is 12.0 Å². The smallest absolute Gasteiger partial charge is 0.231 e. The first kappa shape index (κ1) is 38.5. The molecule has 0 aliphatic carbocycles. The van der Waals surface area contributed by atoms with Crippen molar-refractivity contribution in [2.45, 2.75) is 97.8 Å². The van der Waals surface area contributed by atoms with Crippen LogP contribution < -0.4 is 9.64 Å². The third-order valence-electron chi connectivity index (χ3n) is 8.81. The number of anilines is 1. The molecule has 0 spiro atoms. The lowest BCUT2D eigenvalue weighted by molar-refractivity contribution is -0.870. The fraction of sp³-hybridized carbons (Fsp3) is 0.641. The molecule has 2 aliphatic rings. The first-order valence-electron chi connectivity index (χ1n) is 17.6. The molecule has 0 bridgehead atoms. The SMILES string of the molecule is CCC(CC(C)CCN1C(=O)Cc2ccccc21)c1ccc2c(c1)CCO2.CCC=O.CCCCN(C)CCCC[N+](C)(C)C. The minimum atomic E-state index is 0.245. The molecule has 2 heterocycles. The minimum absolute atomic E-state index is 0.245. The molecular weight excluding hydrogens is 558 g/mol. The summed E-state index contributed by atoms with van der Waals surface area (Å²) in [5.41, 5.74) is 5.08. The minimum Gasteiger partial charge on any atom is -0.493 e. The molecule has 0 fully saturated rings. The monoisotopic (exact) mass is 622 g/mol. The Labute approximate surface area is 275 Å². The molecule has 6 nitrogen and oxygen atoms in total. The number of aldehydes is 1. The Kier molecular flexibility index (Phi) is 17.5. The molecule has 0 saturated heterocycles. The number of amides is 1. The molecule has 2 atom stereocenters. The van der Waals surface area contributed by atoms with Gasteiger partial charge in [0.25, 0.3) is 0 Å². The second kappa shape index (κ2) is 20.4. The van der Waals surface area contributed by atoms with Gasteiger partial charge in [-0.1, -0.05) is 64.4 Å². The Morgan fingerprint density at radius 3 is 2.38 bits per heavy atom. The van der Waals surface area contributed by atoms with E-state index in [0.717, 1.165) is 54.6 Å². The fourth-order valence-electron chi connectivity index (χ4n) is 6.02. The van der Waals surface area contributed by atoms with Crippen molar-refractivity contribution in [3.63, 3.8) is 0 Å². The van der Waals surface area contributed by atoms with Crippen LogP contribution in [0, 0.1) is 5.92 Å². The number of carbonyl (C=O) groups excluding carboxylic acids is 2. The highest BCUT2D eigenvalue weighted by Gasteiger charge is 2.27. The van der Waals surface area contributed by atoms with Gasteiger partial charge >= 0.3 is 0 Å². The average molecular weight is 623 g/mol. The van der Waals surface area contributed by atoms with Crippen LogP contribution in [0.3, 0.4) is 0 Å². The summed E-state index contributed by atoms with van der Waals surface area (Å²) in [6, 6.07) is 14.9. The van der Waals surface area contributed by atoms with E-state index in [2.05, 4.69) is 84.2 Å². The molecule has 0 radical (unpaired) electrons. The molecule has 0 aromatic heterocycles. The number of unbranched alkanes of at least 4 members (excludes halogenated alkanes) is 2. The van der Waals surface area contributed by atoms with Crippen LogP contribution in [0.5, 0.6) is 5.75 Å². The largest absolute Gasteiger partial charge is 0.493 e. The van der Waals surface area contributed by atoms with Crippen molar-refractivity contribution >= 4 is 17.9 Å². The predicted molar refractivity (Wildman–Crippen MR) is 190 cm³/mol. The van der Waals surface area contributed by atoms with Gasteiger partial charge in [-0.05, 0) is 99.3 Å². The first-order valence-corrected chi connectivity index (χ1v) is 17.6. The van der Waals surface area contributed by atoms with Gasteiger partial charge in [-0.15, -0.1) is 0 Å². The van der Waals surface area contributed by atoms with E-state index in [0.29, 0.717) is 24.7 Å². The summed E-state index contributed by atoms with van der Waals surface area (Å²) < 4.78 is 6.74. The predicted octanol–water partition coefficient (Wildman–Crippen LogP) is 7.92. The van der Waals surface area contributed by atoms with Crippen molar-refractivity contribution < 1.29 is 18.8 Å². The van der Waals surface area contributed by atoms with E-state index in [-0.39, 0.29) is 5.91 Å². The molecule has 2 aromatic carbocycles. The van der Waals surface area contributed by atoms with Crippen molar-refractivity contribution in [1.29, 1.82) is 0 Å².